The SMILES string of the molecule is Cc1ncc(CC(CBr)(CBr)c2cccc(F)c2)s1. The smallest absolute Gasteiger partial charge is 0.123 e. The maximum absolute atomic E-state index is 13.5. The second-order valence-corrected chi connectivity index (χ2v) is 7.02. The Morgan fingerprint density at radius 3 is 2.58 bits per heavy atom. The van der Waals surface area contributed by atoms with Gasteiger partial charge in [-0.2, -0.15) is 0 Å². The van der Waals surface area contributed by atoms with Crippen molar-refractivity contribution in [3.05, 3.63) is 51.7 Å². The highest BCUT2D eigenvalue weighted by atomic mass is 79.9. The average Bonchev–Trinajstić information content (AvgIpc) is 2.81. The van der Waals surface area contributed by atoms with Crippen molar-refractivity contribution in [2.24, 2.45) is 0 Å². The molecule has 0 aliphatic carbocycles. The van der Waals surface area contributed by atoms with Gasteiger partial charge in [0.2, 0.25) is 0 Å². The van der Waals surface area contributed by atoms with Gasteiger partial charge in [0.15, 0.2) is 0 Å². The minimum atomic E-state index is -0.190. The first-order chi connectivity index (χ1) is 9.09. The molecule has 0 saturated heterocycles. The summed E-state index contributed by atoms with van der Waals surface area (Å²) in [5, 5.41) is 2.60. The fourth-order valence-corrected chi connectivity index (χ4v) is 4.94. The summed E-state index contributed by atoms with van der Waals surface area (Å²) in [5.41, 5.74) is 0.855. The van der Waals surface area contributed by atoms with Crippen molar-refractivity contribution >= 4 is 43.2 Å². The van der Waals surface area contributed by atoms with Gasteiger partial charge < -0.3 is 0 Å². The van der Waals surface area contributed by atoms with Crippen LogP contribution in [0.15, 0.2) is 30.5 Å². The Hall–Kier alpha value is -0.260. The number of rotatable bonds is 5. The van der Waals surface area contributed by atoms with Crippen molar-refractivity contribution in [3.63, 3.8) is 0 Å². The van der Waals surface area contributed by atoms with Crippen LogP contribution >= 0.6 is 43.2 Å². The Labute approximate surface area is 133 Å². The summed E-state index contributed by atoms with van der Waals surface area (Å²) >= 11 is 8.88. The lowest BCUT2D eigenvalue weighted by molar-refractivity contribution is 0.545. The fraction of sp³-hybridized carbons (Fsp3) is 0.357. The van der Waals surface area contributed by atoms with Gasteiger partial charge in [-0.15, -0.1) is 11.3 Å². The van der Waals surface area contributed by atoms with Gasteiger partial charge in [-0.3, -0.25) is 0 Å². The van der Waals surface area contributed by atoms with E-state index in [1.54, 1.807) is 23.5 Å². The Bertz CT molecular complexity index is 552. The predicted octanol–water partition coefficient (Wildman–Crippen LogP) is 4.86. The molecule has 1 aromatic heterocycles. The zero-order chi connectivity index (χ0) is 13.9. The fourth-order valence-electron chi connectivity index (χ4n) is 2.03. The second-order valence-electron chi connectivity index (χ2n) is 4.58. The first kappa shape index (κ1) is 15.1. The second kappa shape index (κ2) is 6.46. The molecule has 1 heterocycles. The van der Waals surface area contributed by atoms with Crippen LogP contribution < -0.4 is 0 Å². The molecule has 0 amide bonds. The summed E-state index contributed by atoms with van der Waals surface area (Å²) in [6.07, 6.45) is 2.76. The molecule has 19 heavy (non-hydrogen) atoms. The number of hydrogen-bond acceptors (Lipinski definition) is 2. The maximum Gasteiger partial charge on any atom is 0.123 e. The van der Waals surface area contributed by atoms with E-state index in [4.69, 9.17) is 0 Å². The summed E-state index contributed by atoms with van der Waals surface area (Å²) in [7, 11) is 0. The van der Waals surface area contributed by atoms with Crippen LogP contribution in [0.1, 0.15) is 15.4 Å². The van der Waals surface area contributed by atoms with E-state index in [0.29, 0.717) is 0 Å². The molecule has 0 aliphatic rings. The number of aryl methyl sites for hydroxylation is 1. The molecule has 2 aromatic rings. The Morgan fingerprint density at radius 1 is 1.32 bits per heavy atom. The van der Waals surface area contributed by atoms with Crippen LogP contribution in [-0.2, 0) is 11.8 Å². The minimum absolute atomic E-state index is 0.152. The van der Waals surface area contributed by atoms with Crippen LogP contribution in [0.5, 0.6) is 0 Å². The lowest BCUT2D eigenvalue weighted by Crippen LogP contribution is -2.32. The molecule has 0 N–H and O–H groups in total. The highest BCUT2D eigenvalue weighted by Gasteiger charge is 2.31. The number of hydrogen-bond donors (Lipinski definition) is 0. The summed E-state index contributed by atoms with van der Waals surface area (Å²) in [4.78, 5) is 5.52. The summed E-state index contributed by atoms with van der Waals surface area (Å²) in [6, 6.07) is 6.85. The number of benzene rings is 1. The zero-order valence-electron chi connectivity index (χ0n) is 10.5. The van der Waals surface area contributed by atoms with Crippen LogP contribution in [0.2, 0.25) is 0 Å². The van der Waals surface area contributed by atoms with Crippen molar-refractivity contribution in [2.75, 3.05) is 10.7 Å². The van der Waals surface area contributed by atoms with Gasteiger partial charge in [0.25, 0.3) is 0 Å². The van der Waals surface area contributed by atoms with Gasteiger partial charge >= 0.3 is 0 Å². The molecule has 0 radical (unpaired) electrons. The monoisotopic (exact) mass is 405 g/mol. The van der Waals surface area contributed by atoms with Crippen LogP contribution in [-0.4, -0.2) is 15.6 Å². The van der Waals surface area contributed by atoms with Gasteiger partial charge in [-0.25, -0.2) is 9.37 Å². The van der Waals surface area contributed by atoms with Crippen LogP contribution in [0.4, 0.5) is 4.39 Å². The topological polar surface area (TPSA) is 12.9 Å². The molecule has 2 rings (SSSR count). The Morgan fingerprint density at radius 2 is 2.05 bits per heavy atom. The van der Waals surface area contributed by atoms with E-state index in [0.717, 1.165) is 27.7 Å². The number of nitrogens with zero attached hydrogens (tertiary/aromatic N) is 1. The Balaban J connectivity index is 2.37. The van der Waals surface area contributed by atoms with Crippen molar-refractivity contribution in [3.8, 4) is 0 Å². The van der Waals surface area contributed by atoms with E-state index in [9.17, 15) is 4.39 Å². The van der Waals surface area contributed by atoms with Crippen LogP contribution in [0.25, 0.3) is 0 Å². The molecule has 0 fully saturated rings. The van der Waals surface area contributed by atoms with E-state index in [-0.39, 0.29) is 11.2 Å². The van der Waals surface area contributed by atoms with E-state index in [1.807, 2.05) is 19.2 Å². The van der Waals surface area contributed by atoms with Crippen LogP contribution in [0.3, 0.4) is 0 Å². The number of alkyl halides is 2. The molecule has 1 aromatic carbocycles. The highest BCUT2D eigenvalue weighted by Crippen LogP contribution is 2.34. The van der Waals surface area contributed by atoms with Gasteiger partial charge in [-0.05, 0) is 31.0 Å². The third-order valence-corrected chi connectivity index (χ3v) is 6.19. The molecule has 0 aliphatic heterocycles. The highest BCUT2D eigenvalue weighted by molar-refractivity contribution is 9.09. The van der Waals surface area contributed by atoms with Gasteiger partial charge in [-0.1, -0.05) is 44.0 Å². The van der Waals surface area contributed by atoms with E-state index in [1.165, 1.54) is 10.9 Å². The van der Waals surface area contributed by atoms with Crippen LogP contribution in [0, 0.1) is 12.7 Å². The molecule has 0 saturated carbocycles. The summed E-state index contributed by atoms with van der Waals surface area (Å²) in [6.45, 7) is 2.00. The molecule has 0 atom stereocenters. The van der Waals surface area contributed by atoms with E-state index >= 15 is 0 Å². The summed E-state index contributed by atoms with van der Waals surface area (Å²) in [5.74, 6) is -0.190. The van der Waals surface area contributed by atoms with E-state index < -0.39 is 0 Å². The molecular weight excluding hydrogens is 393 g/mol. The van der Waals surface area contributed by atoms with Crippen molar-refractivity contribution < 1.29 is 4.39 Å². The molecular formula is C14H14Br2FNS. The zero-order valence-corrected chi connectivity index (χ0v) is 14.5. The number of halogens is 3. The number of aromatic nitrogens is 1. The van der Waals surface area contributed by atoms with E-state index in [2.05, 4.69) is 36.8 Å². The lowest BCUT2D eigenvalue weighted by atomic mass is 9.81. The Kier molecular flexibility index (Phi) is 5.15. The summed E-state index contributed by atoms with van der Waals surface area (Å²) < 4.78 is 13.5. The van der Waals surface area contributed by atoms with Gasteiger partial charge in [0, 0.05) is 27.1 Å². The predicted molar refractivity (Wildman–Crippen MR) is 86.2 cm³/mol. The quantitative estimate of drug-likeness (QED) is 0.646. The molecule has 102 valence electrons. The van der Waals surface area contributed by atoms with Gasteiger partial charge in [0.05, 0.1) is 5.01 Å². The molecule has 0 spiro atoms. The van der Waals surface area contributed by atoms with Crippen molar-refractivity contribution in [1.82, 2.24) is 4.98 Å². The normalized spacial score (nSPS) is 11.8. The first-order valence-corrected chi connectivity index (χ1v) is 8.95. The van der Waals surface area contributed by atoms with Crippen molar-refractivity contribution in [2.45, 2.75) is 18.8 Å². The van der Waals surface area contributed by atoms with Gasteiger partial charge in [0.1, 0.15) is 5.82 Å². The third-order valence-electron chi connectivity index (χ3n) is 3.13. The first-order valence-electron chi connectivity index (χ1n) is 5.89. The maximum atomic E-state index is 13.5. The minimum Gasteiger partial charge on any atom is -0.250 e. The third kappa shape index (κ3) is 3.44. The lowest BCUT2D eigenvalue weighted by Gasteiger charge is -2.30. The largest absolute Gasteiger partial charge is 0.250 e. The standard InChI is InChI=1S/C14H14Br2FNS/c1-10-18-7-13(19-10)6-14(8-15,9-16)11-3-2-4-12(17)5-11/h2-5,7H,6,8-9H2,1H3. The average molecular weight is 407 g/mol. The molecule has 0 unspecified atom stereocenters. The molecule has 5 heteroatoms. The molecule has 1 nitrogen and oxygen atoms in total. The molecule has 0 bridgehead atoms. The van der Waals surface area contributed by atoms with Crippen molar-refractivity contribution in [1.29, 1.82) is 0 Å². The number of thiazole rings is 1.